The average molecular weight is 380 g/mol. The van der Waals surface area contributed by atoms with Gasteiger partial charge in [0.2, 0.25) is 0 Å². The van der Waals surface area contributed by atoms with Crippen molar-refractivity contribution in [3.05, 3.63) is 48.0 Å². The summed E-state index contributed by atoms with van der Waals surface area (Å²) in [5.74, 6) is 0.0451. The predicted molar refractivity (Wildman–Crippen MR) is 108 cm³/mol. The monoisotopic (exact) mass is 380 g/mol. The first-order chi connectivity index (χ1) is 13.6. The van der Waals surface area contributed by atoms with Crippen molar-refractivity contribution in [2.45, 2.75) is 19.9 Å². The van der Waals surface area contributed by atoms with Gasteiger partial charge in [-0.25, -0.2) is 5.48 Å². The molecule has 7 nitrogen and oxygen atoms in total. The number of carbonyl (C=O) groups is 1. The van der Waals surface area contributed by atoms with Crippen LogP contribution < -0.4 is 10.4 Å². The van der Waals surface area contributed by atoms with Crippen molar-refractivity contribution in [1.29, 1.82) is 0 Å². The third-order valence-electron chi connectivity index (χ3n) is 5.38. The van der Waals surface area contributed by atoms with Crippen LogP contribution in [-0.2, 0) is 0 Å². The normalized spacial score (nSPS) is 15.4. The first-order valence-corrected chi connectivity index (χ1v) is 9.50. The molecule has 1 amide bonds. The van der Waals surface area contributed by atoms with Crippen molar-refractivity contribution >= 4 is 22.5 Å². The Balaban J connectivity index is 1.57. The van der Waals surface area contributed by atoms with Gasteiger partial charge in [-0.05, 0) is 56.3 Å². The third kappa shape index (κ3) is 3.46. The van der Waals surface area contributed by atoms with E-state index >= 15 is 0 Å². The van der Waals surface area contributed by atoms with Crippen molar-refractivity contribution in [3.63, 3.8) is 0 Å². The third-order valence-corrected chi connectivity index (χ3v) is 5.38. The van der Waals surface area contributed by atoms with Crippen LogP contribution in [0.2, 0.25) is 0 Å². The lowest BCUT2D eigenvalue weighted by Crippen LogP contribution is -2.48. The van der Waals surface area contributed by atoms with E-state index in [1.807, 2.05) is 12.1 Å². The maximum atomic E-state index is 11.7. The molecule has 3 aromatic rings. The number of rotatable bonds is 4. The second-order valence-electron chi connectivity index (χ2n) is 7.35. The smallest absolute Gasteiger partial charge is 0.274 e. The van der Waals surface area contributed by atoms with Crippen LogP contribution in [0.3, 0.4) is 0 Å². The number of aromatic nitrogens is 1. The highest BCUT2D eigenvalue weighted by atomic mass is 16.5. The van der Waals surface area contributed by atoms with Crippen LogP contribution in [0.25, 0.3) is 22.2 Å². The fourth-order valence-corrected chi connectivity index (χ4v) is 3.68. The second kappa shape index (κ2) is 7.61. The van der Waals surface area contributed by atoms with Crippen LogP contribution in [0.4, 0.5) is 5.69 Å². The molecular formula is C21H24N4O3. The minimum atomic E-state index is -0.565. The topological polar surface area (TPSA) is 81.8 Å². The molecule has 7 heteroatoms. The first-order valence-electron chi connectivity index (χ1n) is 9.50. The zero-order valence-electron chi connectivity index (χ0n) is 16.1. The van der Waals surface area contributed by atoms with Gasteiger partial charge in [-0.15, -0.1) is 0 Å². The van der Waals surface area contributed by atoms with Gasteiger partial charge in [-0.2, -0.15) is 0 Å². The molecule has 2 N–H and O–H groups in total. The Morgan fingerprint density at radius 1 is 1.11 bits per heavy atom. The minimum absolute atomic E-state index is 0.346. The Kier molecular flexibility index (Phi) is 5.02. The van der Waals surface area contributed by atoms with Gasteiger partial charge in [-0.3, -0.25) is 14.9 Å². The quantitative estimate of drug-likeness (QED) is 0.535. The summed E-state index contributed by atoms with van der Waals surface area (Å²) in [6, 6.07) is 13.8. The number of benzene rings is 2. The van der Waals surface area contributed by atoms with E-state index in [0.717, 1.165) is 37.1 Å². The van der Waals surface area contributed by atoms with Gasteiger partial charge in [0.15, 0.2) is 5.76 Å². The number of nitrogens with one attached hydrogen (secondary N) is 1. The summed E-state index contributed by atoms with van der Waals surface area (Å²) in [5.41, 5.74) is 4.75. The molecule has 1 aliphatic rings. The number of nitrogens with zero attached hydrogens (tertiary/aromatic N) is 3. The Hall–Kier alpha value is -2.90. The van der Waals surface area contributed by atoms with Crippen LogP contribution in [-0.4, -0.2) is 53.4 Å². The molecule has 2 aromatic carbocycles. The van der Waals surface area contributed by atoms with Crippen molar-refractivity contribution in [2.75, 3.05) is 31.1 Å². The molecule has 146 valence electrons. The maximum absolute atomic E-state index is 11.7. The molecular weight excluding hydrogens is 356 g/mol. The average Bonchev–Trinajstić information content (AvgIpc) is 3.16. The number of fused-ring (bicyclic) bond motifs is 1. The molecule has 1 fully saturated rings. The minimum Gasteiger partial charge on any atom is -0.369 e. The molecule has 1 aliphatic heterocycles. The molecule has 0 radical (unpaired) electrons. The SMILES string of the molecule is CC(C)N1CCN(c2ccc(-c3onc4ccc(C(=O)NO)cc34)cc2)CC1. The summed E-state index contributed by atoms with van der Waals surface area (Å²) in [6.45, 7) is 8.65. The van der Waals surface area contributed by atoms with Gasteiger partial charge in [0, 0.05) is 49.0 Å². The van der Waals surface area contributed by atoms with E-state index in [4.69, 9.17) is 9.73 Å². The summed E-state index contributed by atoms with van der Waals surface area (Å²) >= 11 is 0. The van der Waals surface area contributed by atoms with Crippen LogP contribution in [0.15, 0.2) is 47.0 Å². The van der Waals surface area contributed by atoms with E-state index in [2.05, 4.69) is 40.9 Å². The zero-order chi connectivity index (χ0) is 19.7. The molecule has 1 aromatic heterocycles. The first kappa shape index (κ1) is 18.5. The number of piperazine rings is 1. The van der Waals surface area contributed by atoms with Crippen molar-refractivity contribution in [3.8, 4) is 11.3 Å². The number of anilines is 1. The van der Waals surface area contributed by atoms with Gasteiger partial charge in [0.1, 0.15) is 5.52 Å². The van der Waals surface area contributed by atoms with Crippen molar-refractivity contribution in [2.24, 2.45) is 0 Å². The van der Waals surface area contributed by atoms with Crippen molar-refractivity contribution in [1.82, 2.24) is 15.5 Å². The molecule has 28 heavy (non-hydrogen) atoms. The lowest BCUT2D eigenvalue weighted by molar-refractivity contribution is 0.0706. The summed E-state index contributed by atoms with van der Waals surface area (Å²) in [4.78, 5) is 16.6. The summed E-state index contributed by atoms with van der Waals surface area (Å²) in [6.07, 6.45) is 0. The highest BCUT2D eigenvalue weighted by Crippen LogP contribution is 2.31. The van der Waals surface area contributed by atoms with E-state index in [9.17, 15) is 4.79 Å². The Morgan fingerprint density at radius 3 is 2.46 bits per heavy atom. The van der Waals surface area contributed by atoms with Crippen LogP contribution in [0.1, 0.15) is 24.2 Å². The molecule has 0 unspecified atom stereocenters. The lowest BCUT2D eigenvalue weighted by atomic mass is 10.1. The predicted octanol–water partition coefficient (Wildman–Crippen LogP) is 3.14. The second-order valence-corrected chi connectivity index (χ2v) is 7.35. The summed E-state index contributed by atoms with van der Waals surface area (Å²) in [7, 11) is 0. The largest absolute Gasteiger partial charge is 0.369 e. The number of carbonyl (C=O) groups excluding carboxylic acids is 1. The lowest BCUT2D eigenvalue weighted by Gasteiger charge is -2.38. The molecule has 0 spiro atoms. The molecule has 0 aliphatic carbocycles. The molecule has 0 atom stereocenters. The fourth-order valence-electron chi connectivity index (χ4n) is 3.68. The molecule has 1 saturated heterocycles. The van der Waals surface area contributed by atoms with E-state index in [1.165, 1.54) is 5.69 Å². The van der Waals surface area contributed by atoms with Gasteiger partial charge < -0.3 is 9.42 Å². The van der Waals surface area contributed by atoms with Crippen LogP contribution >= 0.6 is 0 Å². The summed E-state index contributed by atoms with van der Waals surface area (Å²) < 4.78 is 5.53. The highest BCUT2D eigenvalue weighted by Gasteiger charge is 2.19. The van der Waals surface area contributed by atoms with E-state index in [1.54, 1.807) is 23.7 Å². The van der Waals surface area contributed by atoms with Gasteiger partial charge in [0.25, 0.3) is 5.91 Å². The van der Waals surface area contributed by atoms with E-state index in [0.29, 0.717) is 22.9 Å². The highest BCUT2D eigenvalue weighted by molar-refractivity contribution is 6.00. The van der Waals surface area contributed by atoms with Crippen LogP contribution in [0.5, 0.6) is 0 Å². The van der Waals surface area contributed by atoms with Crippen molar-refractivity contribution < 1.29 is 14.5 Å². The van der Waals surface area contributed by atoms with E-state index < -0.39 is 5.91 Å². The number of amides is 1. The summed E-state index contributed by atoms with van der Waals surface area (Å²) in [5, 5.41) is 13.7. The standard InChI is InChI=1S/C21H24N4O3/c1-14(2)24-9-11-25(12-10-24)17-6-3-15(4-7-17)20-18-13-16(21(26)22-27)5-8-19(18)23-28-20/h3-8,13-14,27H,9-12H2,1-2H3,(H,22,26). The molecule has 0 saturated carbocycles. The molecule has 0 bridgehead atoms. The van der Waals surface area contributed by atoms with Gasteiger partial charge in [0.05, 0.1) is 5.39 Å². The molecule has 4 rings (SSSR count). The van der Waals surface area contributed by atoms with Gasteiger partial charge in [-0.1, -0.05) is 5.16 Å². The fraction of sp³-hybridized carbons (Fsp3) is 0.333. The van der Waals surface area contributed by atoms with Gasteiger partial charge >= 0.3 is 0 Å². The number of hydrogen-bond donors (Lipinski definition) is 2. The molecule has 2 heterocycles. The van der Waals surface area contributed by atoms with Crippen LogP contribution in [0, 0.1) is 0 Å². The maximum Gasteiger partial charge on any atom is 0.274 e. The Labute approximate surface area is 163 Å². The van der Waals surface area contributed by atoms with E-state index in [-0.39, 0.29) is 0 Å². The zero-order valence-corrected chi connectivity index (χ0v) is 16.1. The Bertz CT molecular complexity index is 973. The number of hydroxylamine groups is 1. The number of hydrogen-bond acceptors (Lipinski definition) is 6. The Morgan fingerprint density at radius 2 is 1.82 bits per heavy atom.